The van der Waals surface area contributed by atoms with Crippen LogP contribution in [0.2, 0.25) is 0 Å². The van der Waals surface area contributed by atoms with Crippen molar-refractivity contribution >= 4 is 10.9 Å². The SMILES string of the molecule is COc1ccccc1-c1noc([C@@H](N)Cc2cn(C)c3ccccc23)n1. The first-order chi connectivity index (χ1) is 12.7. The maximum Gasteiger partial charge on any atom is 0.244 e. The van der Waals surface area contributed by atoms with Gasteiger partial charge in [-0.1, -0.05) is 35.5 Å². The predicted octanol–water partition coefficient (Wildman–Crippen LogP) is 3.48. The van der Waals surface area contributed by atoms with Gasteiger partial charge in [0.1, 0.15) is 5.75 Å². The molecule has 0 aliphatic carbocycles. The third kappa shape index (κ3) is 2.84. The zero-order valence-corrected chi connectivity index (χ0v) is 14.7. The molecule has 0 bridgehead atoms. The Morgan fingerprint density at radius 1 is 1.15 bits per heavy atom. The summed E-state index contributed by atoms with van der Waals surface area (Å²) in [7, 11) is 3.65. The number of para-hydroxylation sites is 2. The Kier molecular flexibility index (Phi) is 4.18. The first-order valence-corrected chi connectivity index (χ1v) is 8.43. The van der Waals surface area contributed by atoms with Gasteiger partial charge < -0.3 is 19.6 Å². The highest BCUT2D eigenvalue weighted by molar-refractivity contribution is 5.83. The van der Waals surface area contributed by atoms with E-state index < -0.39 is 0 Å². The van der Waals surface area contributed by atoms with Crippen LogP contribution in [0.5, 0.6) is 5.75 Å². The van der Waals surface area contributed by atoms with E-state index in [1.165, 1.54) is 10.9 Å². The number of nitrogens with two attached hydrogens (primary N) is 1. The number of fused-ring (bicyclic) bond motifs is 1. The normalized spacial score (nSPS) is 12.4. The Bertz CT molecular complexity index is 1050. The standard InChI is InChI=1S/C20H20N4O2/c1-24-12-13(14-7-3-5-9-17(14)24)11-16(21)20-22-19(23-26-20)15-8-4-6-10-18(15)25-2/h3-10,12,16H,11,21H2,1-2H3/t16-/m0/s1. The fourth-order valence-electron chi connectivity index (χ4n) is 3.24. The molecule has 0 saturated heterocycles. The summed E-state index contributed by atoms with van der Waals surface area (Å²) >= 11 is 0. The van der Waals surface area contributed by atoms with Crippen molar-refractivity contribution in [2.75, 3.05) is 7.11 Å². The number of hydrogen-bond acceptors (Lipinski definition) is 5. The smallest absolute Gasteiger partial charge is 0.244 e. The molecule has 0 aliphatic rings. The van der Waals surface area contributed by atoms with Crippen LogP contribution < -0.4 is 10.5 Å². The number of ether oxygens (including phenoxy) is 1. The average Bonchev–Trinajstić information content (AvgIpc) is 3.28. The molecule has 0 fully saturated rings. The molecule has 2 aromatic carbocycles. The molecule has 0 saturated carbocycles. The van der Waals surface area contributed by atoms with Gasteiger partial charge in [-0.25, -0.2) is 0 Å². The lowest BCUT2D eigenvalue weighted by Gasteiger charge is -2.05. The van der Waals surface area contributed by atoms with E-state index in [0.717, 1.165) is 11.1 Å². The molecule has 6 heteroatoms. The average molecular weight is 348 g/mol. The van der Waals surface area contributed by atoms with Crippen molar-refractivity contribution in [2.45, 2.75) is 12.5 Å². The third-order valence-corrected chi connectivity index (χ3v) is 4.53. The van der Waals surface area contributed by atoms with E-state index in [1.54, 1.807) is 7.11 Å². The number of aromatic nitrogens is 3. The summed E-state index contributed by atoms with van der Waals surface area (Å²) < 4.78 is 12.9. The number of hydrogen-bond donors (Lipinski definition) is 1. The summed E-state index contributed by atoms with van der Waals surface area (Å²) in [4.78, 5) is 4.48. The predicted molar refractivity (Wildman–Crippen MR) is 99.8 cm³/mol. The van der Waals surface area contributed by atoms with Gasteiger partial charge in [-0.3, -0.25) is 0 Å². The molecule has 26 heavy (non-hydrogen) atoms. The van der Waals surface area contributed by atoms with Crippen LogP contribution in [0.3, 0.4) is 0 Å². The van der Waals surface area contributed by atoms with Gasteiger partial charge in [-0.05, 0) is 30.2 Å². The summed E-state index contributed by atoms with van der Waals surface area (Å²) in [5, 5.41) is 5.26. The molecular weight excluding hydrogens is 328 g/mol. The fourth-order valence-corrected chi connectivity index (χ4v) is 3.24. The van der Waals surface area contributed by atoms with E-state index in [9.17, 15) is 0 Å². The van der Waals surface area contributed by atoms with Crippen LogP contribution >= 0.6 is 0 Å². The molecule has 132 valence electrons. The van der Waals surface area contributed by atoms with Gasteiger partial charge in [-0.2, -0.15) is 4.98 Å². The quantitative estimate of drug-likeness (QED) is 0.597. The van der Waals surface area contributed by atoms with Gasteiger partial charge in [0.2, 0.25) is 11.7 Å². The van der Waals surface area contributed by atoms with E-state index in [0.29, 0.717) is 23.9 Å². The number of aryl methyl sites for hydroxylation is 1. The fraction of sp³-hybridized carbons (Fsp3) is 0.200. The van der Waals surface area contributed by atoms with E-state index >= 15 is 0 Å². The molecular formula is C20H20N4O2. The number of nitrogens with zero attached hydrogens (tertiary/aromatic N) is 3. The van der Waals surface area contributed by atoms with Crippen LogP contribution in [0.15, 0.2) is 59.3 Å². The summed E-state index contributed by atoms with van der Waals surface area (Å²) in [6.07, 6.45) is 2.72. The highest BCUT2D eigenvalue weighted by atomic mass is 16.5. The topological polar surface area (TPSA) is 79.1 Å². The molecule has 0 amide bonds. The summed E-state index contributed by atoms with van der Waals surface area (Å²) in [6.45, 7) is 0. The lowest BCUT2D eigenvalue weighted by atomic mass is 10.1. The minimum absolute atomic E-state index is 0.378. The molecule has 2 heterocycles. The van der Waals surface area contributed by atoms with Crippen molar-refractivity contribution in [3.63, 3.8) is 0 Å². The lowest BCUT2D eigenvalue weighted by Crippen LogP contribution is -2.13. The third-order valence-electron chi connectivity index (χ3n) is 4.53. The first-order valence-electron chi connectivity index (χ1n) is 8.43. The van der Waals surface area contributed by atoms with Gasteiger partial charge in [0.25, 0.3) is 0 Å². The van der Waals surface area contributed by atoms with Crippen LogP contribution in [-0.2, 0) is 13.5 Å². The van der Waals surface area contributed by atoms with Crippen molar-refractivity contribution in [1.82, 2.24) is 14.7 Å². The molecule has 6 nitrogen and oxygen atoms in total. The maximum atomic E-state index is 6.35. The molecule has 1 atom stereocenters. The second-order valence-electron chi connectivity index (χ2n) is 6.25. The molecule has 0 spiro atoms. The number of methoxy groups -OCH3 is 1. The Morgan fingerprint density at radius 3 is 2.77 bits per heavy atom. The van der Waals surface area contributed by atoms with E-state index in [4.69, 9.17) is 15.0 Å². The molecule has 0 radical (unpaired) electrons. The molecule has 2 aromatic heterocycles. The zero-order chi connectivity index (χ0) is 18.1. The number of benzene rings is 2. The summed E-state index contributed by atoms with van der Waals surface area (Å²) in [5.41, 5.74) is 9.47. The van der Waals surface area contributed by atoms with Crippen LogP contribution in [0, 0.1) is 0 Å². The van der Waals surface area contributed by atoms with Crippen LogP contribution in [0.4, 0.5) is 0 Å². The Morgan fingerprint density at radius 2 is 1.92 bits per heavy atom. The van der Waals surface area contributed by atoms with E-state index in [1.807, 2.05) is 43.4 Å². The molecule has 4 rings (SSSR count). The maximum absolute atomic E-state index is 6.35. The molecule has 0 aliphatic heterocycles. The molecule has 4 aromatic rings. The minimum atomic E-state index is -0.378. The lowest BCUT2D eigenvalue weighted by molar-refractivity contribution is 0.354. The molecule has 2 N–H and O–H groups in total. The van der Waals surface area contributed by atoms with Crippen molar-refractivity contribution < 1.29 is 9.26 Å². The zero-order valence-electron chi connectivity index (χ0n) is 14.7. The highest BCUT2D eigenvalue weighted by Crippen LogP contribution is 2.29. The van der Waals surface area contributed by atoms with Crippen molar-refractivity contribution in [1.29, 1.82) is 0 Å². The van der Waals surface area contributed by atoms with Crippen molar-refractivity contribution in [2.24, 2.45) is 12.8 Å². The van der Waals surface area contributed by atoms with Crippen molar-refractivity contribution in [3.05, 3.63) is 66.2 Å². The summed E-state index contributed by atoms with van der Waals surface area (Å²) in [6, 6.07) is 15.4. The van der Waals surface area contributed by atoms with E-state index in [-0.39, 0.29) is 6.04 Å². The second kappa shape index (κ2) is 6.65. The van der Waals surface area contributed by atoms with Crippen LogP contribution in [0.1, 0.15) is 17.5 Å². The Hall–Kier alpha value is -3.12. The van der Waals surface area contributed by atoms with Gasteiger partial charge in [-0.15, -0.1) is 0 Å². The first kappa shape index (κ1) is 16.4. The van der Waals surface area contributed by atoms with E-state index in [2.05, 4.69) is 33.0 Å². The minimum Gasteiger partial charge on any atom is -0.496 e. The summed E-state index contributed by atoms with van der Waals surface area (Å²) in [5.74, 6) is 1.59. The number of rotatable bonds is 5. The Balaban J connectivity index is 1.61. The van der Waals surface area contributed by atoms with Gasteiger partial charge in [0.15, 0.2) is 0 Å². The highest BCUT2D eigenvalue weighted by Gasteiger charge is 2.19. The molecule has 0 unspecified atom stereocenters. The van der Waals surface area contributed by atoms with Crippen molar-refractivity contribution in [3.8, 4) is 17.1 Å². The Labute approximate surface area is 151 Å². The second-order valence-corrected chi connectivity index (χ2v) is 6.25. The van der Waals surface area contributed by atoms with Crippen LogP contribution in [-0.4, -0.2) is 21.8 Å². The largest absolute Gasteiger partial charge is 0.496 e. The van der Waals surface area contributed by atoms with Gasteiger partial charge in [0, 0.05) is 24.1 Å². The van der Waals surface area contributed by atoms with Crippen LogP contribution in [0.25, 0.3) is 22.3 Å². The monoisotopic (exact) mass is 348 g/mol. The van der Waals surface area contributed by atoms with Gasteiger partial charge in [0.05, 0.1) is 18.7 Å². The van der Waals surface area contributed by atoms with Gasteiger partial charge >= 0.3 is 0 Å².